The van der Waals surface area contributed by atoms with Crippen LogP contribution in [0.15, 0.2) is 27.6 Å². The third-order valence-corrected chi connectivity index (χ3v) is 4.55. The van der Waals surface area contributed by atoms with Gasteiger partial charge in [0.25, 0.3) is 0 Å². The van der Waals surface area contributed by atoms with Crippen molar-refractivity contribution in [2.45, 2.75) is 24.3 Å². The molecule has 0 saturated carbocycles. The highest BCUT2D eigenvalue weighted by atomic mass is 79.9. The predicted octanol–water partition coefficient (Wildman–Crippen LogP) is 1.08. The third-order valence-electron chi connectivity index (χ3n) is 2.31. The van der Waals surface area contributed by atoms with Crippen LogP contribution in [0.1, 0.15) is 13.3 Å². The average Bonchev–Trinajstić information content (AvgIpc) is 2.29. The molecule has 0 aliphatic heterocycles. The number of halogens is 1. The largest absolute Gasteiger partial charge is 0.398 e. The molecule has 0 radical (unpaired) electrons. The molecule has 0 aromatic heterocycles. The Morgan fingerprint density at radius 1 is 1.53 bits per heavy atom. The van der Waals surface area contributed by atoms with Gasteiger partial charge >= 0.3 is 0 Å². The fraction of sp³-hybridized carbons (Fsp3) is 0.400. The zero-order chi connectivity index (χ0) is 13.1. The number of anilines is 1. The van der Waals surface area contributed by atoms with E-state index in [0.29, 0.717) is 16.6 Å². The lowest BCUT2D eigenvalue weighted by Crippen LogP contribution is -2.36. The molecule has 0 aliphatic rings. The summed E-state index contributed by atoms with van der Waals surface area (Å²) in [7, 11) is -3.63. The van der Waals surface area contributed by atoms with Crippen LogP contribution >= 0.6 is 15.9 Å². The van der Waals surface area contributed by atoms with Crippen LogP contribution in [0.4, 0.5) is 5.69 Å². The lowest BCUT2D eigenvalue weighted by atomic mass is 10.3. The fourth-order valence-electron chi connectivity index (χ4n) is 1.23. The van der Waals surface area contributed by atoms with Crippen molar-refractivity contribution >= 4 is 31.6 Å². The van der Waals surface area contributed by atoms with Gasteiger partial charge in [0.15, 0.2) is 0 Å². The van der Waals surface area contributed by atoms with Gasteiger partial charge in [0.2, 0.25) is 10.0 Å². The van der Waals surface area contributed by atoms with Crippen molar-refractivity contribution in [2.24, 2.45) is 0 Å². The zero-order valence-electron chi connectivity index (χ0n) is 9.35. The van der Waals surface area contributed by atoms with E-state index in [4.69, 9.17) is 10.8 Å². The van der Waals surface area contributed by atoms with Crippen molar-refractivity contribution in [1.29, 1.82) is 0 Å². The Balaban J connectivity index is 3.01. The molecule has 1 aromatic carbocycles. The topological polar surface area (TPSA) is 92.4 Å². The number of hydrogen-bond donors (Lipinski definition) is 3. The monoisotopic (exact) mass is 322 g/mol. The minimum atomic E-state index is -3.63. The van der Waals surface area contributed by atoms with Gasteiger partial charge in [-0.05, 0) is 40.5 Å². The van der Waals surface area contributed by atoms with Gasteiger partial charge in [0, 0.05) is 16.2 Å². The van der Waals surface area contributed by atoms with Crippen LogP contribution in [0.2, 0.25) is 0 Å². The first-order valence-corrected chi connectivity index (χ1v) is 7.36. The Morgan fingerprint density at radius 3 is 2.65 bits per heavy atom. The molecule has 7 heteroatoms. The molecule has 1 unspecified atom stereocenters. The van der Waals surface area contributed by atoms with Crippen molar-refractivity contribution in [3.05, 3.63) is 22.7 Å². The molecule has 0 fully saturated rings. The minimum Gasteiger partial charge on any atom is -0.398 e. The van der Waals surface area contributed by atoms with E-state index >= 15 is 0 Å². The average molecular weight is 323 g/mol. The molecule has 0 heterocycles. The number of nitrogens with one attached hydrogen (secondary N) is 1. The van der Waals surface area contributed by atoms with Gasteiger partial charge in [-0.25, -0.2) is 13.1 Å². The standard InChI is InChI=1S/C10H15BrN2O3S/c1-2-7(6-14)13-17(15,16)8-3-4-9(11)10(12)5-8/h3-5,7,13-14H,2,6,12H2,1H3. The summed E-state index contributed by atoms with van der Waals surface area (Å²) in [6.45, 7) is 1.56. The highest BCUT2D eigenvalue weighted by Gasteiger charge is 2.19. The maximum absolute atomic E-state index is 11.9. The molecule has 1 atom stereocenters. The molecule has 0 saturated heterocycles. The summed E-state index contributed by atoms with van der Waals surface area (Å²) in [6, 6.07) is 3.91. The van der Waals surface area contributed by atoms with Crippen molar-refractivity contribution in [1.82, 2.24) is 4.72 Å². The molecule has 0 bridgehead atoms. The van der Waals surface area contributed by atoms with E-state index < -0.39 is 16.1 Å². The number of hydrogen-bond acceptors (Lipinski definition) is 4. The van der Waals surface area contributed by atoms with Crippen molar-refractivity contribution in [3.63, 3.8) is 0 Å². The van der Waals surface area contributed by atoms with E-state index in [9.17, 15) is 8.42 Å². The molecular formula is C10H15BrN2O3S. The molecule has 1 rings (SSSR count). The van der Waals surface area contributed by atoms with Crippen LogP contribution in [0.25, 0.3) is 0 Å². The van der Waals surface area contributed by atoms with Crippen LogP contribution in [-0.4, -0.2) is 26.2 Å². The lowest BCUT2D eigenvalue weighted by molar-refractivity contribution is 0.254. The Kier molecular flexibility index (Phi) is 4.93. The van der Waals surface area contributed by atoms with Crippen molar-refractivity contribution < 1.29 is 13.5 Å². The van der Waals surface area contributed by atoms with E-state index in [2.05, 4.69) is 20.7 Å². The Bertz CT molecular complexity index is 486. The van der Waals surface area contributed by atoms with Crippen molar-refractivity contribution in [2.75, 3.05) is 12.3 Å². The SMILES string of the molecule is CCC(CO)NS(=O)(=O)c1ccc(Br)c(N)c1. The Labute approximate surface area is 109 Å². The first-order chi connectivity index (χ1) is 7.90. The number of sulfonamides is 1. The zero-order valence-corrected chi connectivity index (χ0v) is 11.8. The molecular weight excluding hydrogens is 308 g/mol. The van der Waals surface area contributed by atoms with Gasteiger partial charge in [-0.2, -0.15) is 0 Å². The number of nitrogen functional groups attached to an aromatic ring is 1. The Morgan fingerprint density at radius 2 is 2.18 bits per heavy atom. The van der Waals surface area contributed by atoms with E-state index in [1.807, 2.05) is 0 Å². The van der Waals surface area contributed by atoms with Crippen LogP contribution in [-0.2, 0) is 10.0 Å². The molecule has 96 valence electrons. The Hall–Kier alpha value is -0.630. The second-order valence-electron chi connectivity index (χ2n) is 3.59. The molecule has 1 aromatic rings. The second-order valence-corrected chi connectivity index (χ2v) is 6.16. The normalized spacial score (nSPS) is 13.6. The van der Waals surface area contributed by atoms with Gasteiger partial charge < -0.3 is 10.8 Å². The summed E-state index contributed by atoms with van der Waals surface area (Å²) >= 11 is 3.19. The fourth-order valence-corrected chi connectivity index (χ4v) is 2.82. The summed E-state index contributed by atoms with van der Waals surface area (Å²) in [4.78, 5) is 0.0881. The first-order valence-electron chi connectivity index (χ1n) is 5.09. The molecule has 0 amide bonds. The summed E-state index contributed by atoms with van der Waals surface area (Å²) < 4.78 is 26.9. The number of nitrogens with two attached hydrogens (primary N) is 1. The van der Waals surface area contributed by atoms with E-state index in [1.54, 1.807) is 13.0 Å². The number of rotatable bonds is 5. The summed E-state index contributed by atoms with van der Waals surface area (Å²) in [5.41, 5.74) is 5.98. The third kappa shape index (κ3) is 3.67. The van der Waals surface area contributed by atoms with E-state index in [-0.39, 0.29) is 11.5 Å². The number of aliphatic hydroxyl groups excluding tert-OH is 1. The maximum Gasteiger partial charge on any atom is 0.240 e. The molecule has 5 nitrogen and oxygen atoms in total. The quantitative estimate of drug-likeness (QED) is 0.707. The van der Waals surface area contributed by atoms with Gasteiger partial charge in [0.1, 0.15) is 0 Å². The van der Waals surface area contributed by atoms with Crippen LogP contribution in [0.3, 0.4) is 0 Å². The molecule has 0 spiro atoms. The van der Waals surface area contributed by atoms with Crippen molar-refractivity contribution in [3.8, 4) is 0 Å². The van der Waals surface area contributed by atoms with Crippen LogP contribution < -0.4 is 10.5 Å². The smallest absolute Gasteiger partial charge is 0.240 e. The highest BCUT2D eigenvalue weighted by Crippen LogP contribution is 2.22. The van der Waals surface area contributed by atoms with Crippen LogP contribution in [0, 0.1) is 0 Å². The predicted molar refractivity (Wildman–Crippen MR) is 70.0 cm³/mol. The minimum absolute atomic E-state index is 0.0881. The van der Waals surface area contributed by atoms with Gasteiger partial charge in [-0.1, -0.05) is 6.92 Å². The summed E-state index contributed by atoms with van der Waals surface area (Å²) in [6.07, 6.45) is 0.516. The second kappa shape index (κ2) is 5.81. The first kappa shape index (κ1) is 14.4. The highest BCUT2D eigenvalue weighted by molar-refractivity contribution is 9.10. The molecule has 4 N–H and O–H groups in total. The van der Waals surface area contributed by atoms with E-state index in [0.717, 1.165) is 0 Å². The number of benzene rings is 1. The molecule has 0 aliphatic carbocycles. The van der Waals surface area contributed by atoms with Crippen LogP contribution in [0.5, 0.6) is 0 Å². The van der Waals surface area contributed by atoms with Gasteiger partial charge in [0.05, 0.1) is 11.5 Å². The van der Waals surface area contributed by atoms with Gasteiger partial charge in [-0.3, -0.25) is 0 Å². The number of aliphatic hydroxyl groups is 1. The molecule has 17 heavy (non-hydrogen) atoms. The van der Waals surface area contributed by atoms with E-state index in [1.165, 1.54) is 12.1 Å². The maximum atomic E-state index is 11.9. The lowest BCUT2D eigenvalue weighted by Gasteiger charge is -2.14. The summed E-state index contributed by atoms with van der Waals surface area (Å²) in [5, 5.41) is 8.98. The van der Waals surface area contributed by atoms with Gasteiger partial charge in [-0.15, -0.1) is 0 Å². The summed E-state index contributed by atoms with van der Waals surface area (Å²) in [5.74, 6) is 0.